The predicted molar refractivity (Wildman–Crippen MR) is 483 cm³/mol. The Hall–Kier alpha value is -17.3. The summed E-state index contributed by atoms with van der Waals surface area (Å²) in [6.45, 7) is 5.38. The monoisotopic (exact) mass is 1690 g/mol. The number of nitrogens with two attached hydrogens (primary N) is 3. The van der Waals surface area contributed by atoms with Crippen LogP contribution in [0.4, 0.5) is 57.4 Å². The van der Waals surface area contributed by atoms with Crippen LogP contribution in [0.15, 0.2) is 287 Å². The molecule has 43 nitrogen and oxygen atoms in total. The van der Waals surface area contributed by atoms with Gasteiger partial charge in [0.2, 0.25) is 0 Å². The molecule has 0 bridgehead atoms. The van der Waals surface area contributed by atoms with Gasteiger partial charge < -0.3 is 92.4 Å². The van der Waals surface area contributed by atoms with Crippen molar-refractivity contribution in [1.29, 1.82) is 16.2 Å². The van der Waals surface area contributed by atoms with Crippen molar-refractivity contribution in [3.63, 3.8) is 0 Å². The molecule has 0 radical (unpaired) electrons. The number of pyridine rings is 6. The van der Waals surface area contributed by atoms with Crippen molar-refractivity contribution < 1.29 is 19.7 Å². The fraction of sp³-hybridized carbons (Fsp3) is 0.169. The summed E-state index contributed by atoms with van der Waals surface area (Å²) >= 11 is 0. The number of aromatic nitrogens is 20. The lowest BCUT2D eigenvalue weighted by Crippen LogP contribution is -2.29. The molecular formula is C83H85N39O4. The Morgan fingerprint density at radius 3 is 1.06 bits per heavy atom. The van der Waals surface area contributed by atoms with Crippen molar-refractivity contribution in [2.45, 2.75) is 39.0 Å². The van der Waals surface area contributed by atoms with E-state index in [9.17, 15) is 10.2 Å². The van der Waals surface area contributed by atoms with Crippen LogP contribution in [-0.2, 0) is 26.2 Å². The quantitative estimate of drug-likeness (QED) is 0.0190. The van der Waals surface area contributed by atoms with Gasteiger partial charge in [0.25, 0.3) is 11.8 Å². The van der Waals surface area contributed by atoms with Gasteiger partial charge in [0, 0.05) is 139 Å². The highest BCUT2D eigenvalue weighted by atomic mass is 16.5. The number of aliphatic hydroxyl groups is 2. The molecule has 3 aliphatic heterocycles. The van der Waals surface area contributed by atoms with Gasteiger partial charge in [0.05, 0.1) is 106 Å². The van der Waals surface area contributed by atoms with Gasteiger partial charge in [-0.05, 0) is 104 Å². The molecule has 18 N–H and O–H groups in total. The molecule has 19 rings (SSSR count). The molecule has 16 aromatic rings. The van der Waals surface area contributed by atoms with Crippen molar-refractivity contribution in [2.24, 2.45) is 47.2 Å². The van der Waals surface area contributed by atoms with E-state index in [4.69, 9.17) is 83.3 Å². The second-order valence-corrected chi connectivity index (χ2v) is 28.2. The third-order valence-electron chi connectivity index (χ3n) is 19.6. The number of dihydropyridines is 3. The van der Waals surface area contributed by atoms with E-state index >= 15 is 0 Å². The minimum atomic E-state index is -0.185. The SMILES string of the molecule is N=C1C=C(N)C(=Nc2c(NCCCn3ccnc3)nn3ccccc23)N=C1Nc1c(NCCCn2ccnc2)nn2ccccc12.N=C1C=C(N)C(=Nc2c(NCCn3ccnc3)nn3ccccc23)N=C1Nc1c(NCCn2ccnc2)nn2ccccc12.N=C1C=C(N)C(=Nc2c(OCCO)nn3ccccc23)N=C1Nc1c(OCCO)nn2ccccc12. The van der Waals surface area contributed by atoms with Crippen LogP contribution in [0.2, 0.25) is 0 Å². The first-order chi connectivity index (χ1) is 61.8. The van der Waals surface area contributed by atoms with Gasteiger partial charge in [-0.3, -0.25) is 16.2 Å². The minimum Gasteiger partial charge on any atom is -0.473 e. The van der Waals surface area contributed by atoms with Gasteiger partial charge in [-0.1, -0.05) is 36.4 Å². The van der Waals surface area contributed by atoms with E-state index in [0.717, 1.165) is 48.0 Å². The Labute approximate surface area is 715 Å². The maximum atomic E-state index is 9.19. The summed E-state index contributed by atoms with van der Waals surface area (Å²) in [5.41, 5.74) is 28.0. The Balaban J connectivity index is 0.000000134. The number of imidazole rings is 4. The third kappa shape index (κ3) is 18.4. The molecule has 0 saturated carbocycles. The number of aryl methyl sites for hydroxylation is 2. The molecule has 43 heteroatoms. The second kappa shape index (κ2) is 37.6. The summed E-state index contributed by atoms with van der Waals surface area (Å²) in [6.07, 6.45) is 39.1. The van der Waals surface area contributed by atoms with Crippen molar-refractivity contribution in [3.8, 4) is 11.8 Å². The Morgan fingerprint density at radius 1 is 0.341 bits per heavy atom. The highest BCUT2D eigenvalue weighted by Crippen LogP contribution is 2.37. The number of amidine groups is 6. The molecule has 0 unspecified atom stereocenters. The van der Waals surface area contributed by atoms with Crippen LogP contribution >= 0.6 is 0 Å². The third-order valence-corrected chi connectivity index (χ3v) is 19.6. The predicted octanol–water partition coefficient (Wildman–Crippen LogP) is 7.95. The molecule has 0 aliphatic carbocycles. The lowest BCUT2D eigenvalue weighted by molar-refractivity contribution is 0.197. The number of ether oxygens (including phenoxy) is 2. The van der Waals surface area contributed by atoms with E-state index in [2.05, 4.69) is 77.3 Å². The first kappa shape index (κ1) is 81.1. The molecule has 636 valence electrons. The number of rotatable bonds is 30. The van der Waals surface area contributed by atoms with Gasteiger partial charge in [0.15, 0.2) is 64.0 Å². The zero-order valence-corrected chi connectivity index (χ0v) is 67.5. The van der Waals surface area contributed by atoms with Gasteiger partial charge in [0.1, 0.15) is 41.7 Å². The average molecular weight is 1690 g/mol. The van der Waals surface area contributed by atoms with E-state index in [-0.39, 0.29) is 95.8 Å². The molecule has 19 heterocycles. The number of nitrogens with one attached hydrogen (secondary N) is 10. The van der Waals surface area contributed by atoms with Crippen molar-refractivity contribution >= 4 is 143 Å². The van der Waals surface area contributed by atoms with E-state index in [1.54, 1.807) is 102 Å². The lowest BCUT2D eigenvalue weighted by Gasteiger charge is -2.16. The van der Waals surface area contributed by atoms with Gasteiger partial charge in [-0.25, -0.2) is 77.0 Å². The number of anilines is 7. The highest BCUT2D eigenvalue weighted by Gasteiger charge is 2.28. The van der Waals surface area contributed by atoms with E-state index in [1.807, 2.05) is 177 Å². The number of hydrogen-bond acceptors (Lipinski definition) is 30. The largest absolute Gasteiger partial charge is 0.473 e. The van der Waals surface area contributed by atoms with Crippen molar-refractivity contribution in [1.82, 2.24) is 95.9 Å². The molecule has 16 aromatic heterocycles. The van der Waals surface area contributed by atoms with E-state index < -0.39 is 0 Å². The van der Waals surface area contributed by atoms with Gasteiger partial charge in [-0.15, -0.1) is 30.6 Å². The number of aliphatic hydroxyl groups excluding tert-OH is 2. The summed E-state index contributed by atoms with van der Waals surface area (Å²) in [6, 6.07) is 34.1. The molecular weight excluding hydrogens is 1610 g/mol. The van der Waals surface area contributed by atoms with Crippen molar-refractivity contribution in [2.75, 3.05) is 89.8 Å². The van der Waals surface area contributed by atoms with Crippen LogP contribution in [0.3, 0.4) is 0 Å². The maximum Gasteiger partial charge on any atom is 0.260 e. The molecule has 0 fully saturated rings. The first-order valence-electron chi connectivity index (χ1n) is 40.0. The fourth-order valence-corrected chi connectivity index (χ4v) is 13.6. The lowest BCUT2D eigenvalue weighted by atomic mass is 10.2. The Morgan fingerprint density at radius 2 is 0.651 bits per heavy atom. The first-order valence-corrected chi connectivity index (χ1v) is 40.0. The molecule has 0 saturated heterocycles. The summed E-state index contributed by atoms with van der Waals surface area (Å²) < 4.78 is 29.5. The molecule has 0 spiro atoms. The van der Waals surface area contributed by atoms with E-state index in [1.165, 1.54) is 6.08 Å². The maximum absolute atomic E-state index is 9.19. The molecule has 3 aliphatic rings. The topological polar surface area (TPSA) is 542 Å². The Bertz CT molecular complexity index is 6920. The van der Waals surface area contributed by atoms with Crippen LogP contribution in [0.25, 0.3) is 33.1 Å². The van der Waals surface area contributed by atoms with Gasteiger partial charge in [-0.2, -0.15) is 0 Å². The van der Waals surface area contributed by atoms with Crippen LogP contribution in [0.1, 0.15) is 12.8 Å². The number of hydrogen-bond donors (Lipinski definition) is 15. The second-order valence-electron chi connectivity index (χ2n) is 28.2. The molecule has 0 aromatic carbocycles. The number of nitrogens with zero attached hydrogens (tertiary/aromatic N) is 26. The van der Waals surface area contributed by atoms with Crippen molar-refractivity contribution in [3.05, 3.63) is 257 Å². The Kier molecular flexibility index (Phi) is 24.2. The number of aliphatic imine (C=N–C) groups is 6. The zero-order chi connectivity index (χ0) is 86.2. The zero-order valence-electron chi connectivity index (χ0n) is 67.5. The summed E-state index contributed by atoms with van der Waals surface area (Å²) in [5, 5.41) is 95.2. The van der Waals surface area contributed by atoms with Crippen LogP contribution in [-0.4, -0.2) is 211 Å². The highest BCUT2D eigenvalue weighted by molar-refractivity contribution is 6.54. The summed E-state index contributed by atoms with van der Waals surface area (Å²) in [4.78, 5) is 44.7. The molecule has 126 heavy (non-hydrogen) atoms. The van der Waals surface area contributed by atoms with Crippen LogP contribution in [0.5, 0.6) is 11.8 Å². The fourth-order valence-electron chi connectivity index (χ4n) is 13.6. The van der Waals surface area contributed by atoms with Gasteiger partial charge >= 0.3 is 0 Å². The number of fused-ring (bicyclic) bond motifs is 6. The molecule has 0 amide bonds. The summed E-state index contributed by atoms with van der Waals surface area (Å²) in [7, 11) is 0. The standard InChI is InChI=1S/C31H33N15.C29H29N15.C23H23N9O4/c32-22-19-23(33)29(39-27-25-8-2-4-16-46(25)42-31(27)37-10-6-14-44-18-12-35-21-44)40-28(22)38-26-24-7-1-3-15-45(24)41-30(26)36-9-5-13-43-17-11-34-20-43;30-20-17-21(31)27(37-25-23-6-2-4-12-44(23)40-29(25)35-10-16-42-14-8-33-19-42)38-26(20)36-24-22-5-1-3-11-43(22)39-28(24)34-9-15-41-13-7-32-18-41;24-14-13-15(25)21(27-19-17-6-2-4-8-32(17)30-23(19)36-12-10-34)28-20(14)26-18-16-5-1-3-7-31(16)29-22(18)35-11-9-33/h1-4,7-8,11-12,15-21,32H,5-6,9-10,13-14,33H2,(H,36,41)(H,37,42)(H,38,39,40);1-8,11-14,17-19,30H,9-10,15-16,31H2,(H,34,39)(H,35,40)(H,36,37,38);1-8,13,24,33-34H,9-12,25H2,(H,26,27,28). The summed E-state index contributed by atoms with van der Waals surface area (Å²) in [5.74, 6) is 4.41. The smallest absolute Gasteiger partial charge is 0.260 e. The minimum absolute atomic E-state index is 0.0338. The van der Waals surface area contributed by atoms with Crippen LogP contribution < -0.4 is 63.9 Å². The normalized spacial score (nSPS) is 14.4. The van der Waals surface area contributed by atoms with Crippen LogP contribution in [0, 0.1) is 16.2 Å². The molecule has 0 atom stereocenters. The average Bonchev–Trinajstić information content (AvgIpc) is 1.68. The van der Waals surface area contributed by atoms with E-state index in [0.29, 0.717) is 119 Å².